The normalized spacial score (nSPS) is 20.4. The zero-order valence-electron chi connectivity index (χ0n) is 8.48. The molecule has 0 bridgehead atoms. The first-order valence-electron chi connectivity index (χ1n) is 5.14. The van der Waals surface area contributed by atoms with Crippen molar-refractivity contribution in [1.29, 1.82) is 0 Å². The maximum absolute atomic E-state index is 11.8. The Bertz CT molecular complexity index is 336. The molecule has 80 valence electrons. The first kappa shape index (κ1) is 10.2. The van der Waals surface area contributed by atoms with Gasteiger partial charge in [0.05, 0.1) is 6.61 Å². The van der Waals surface area contributed by atoms with E-state index in [4.69, 9.17) is 9.84 Å². The molecule has 0 spiro atoms. The van der Waals surface area contributed by atoms with Gasteiger partial charge in [-0.1, -0.05) is 12.1 Å². The van der Waals surface area contributed by atoms with Crippen LogP contribution in [0.5, 0.6) is 5.75 Å². The molecule has 1 atom stereocenters. The lowest BCUT2D eigenvalue weighted by molar-refractivity contribution is -0.122. The molecule has 0 aromatic heterocycles. The molecule has 0 amide bonds. The lowest BCUT2D eigenvalue weighted by atomic mass is 9.97. The fourth-order valence-corrected chi connectivity index (χ4v) is 1.75. The Kier molecular flexibility index (Phi) is 3.02. The molecule has 3 heteroatoms. The summed E-state index contributed by atoms with van der Waals surface area (Å²) in [6.45, 7) is 1.27. The number of carbonyl (C=O) groups is 1. The van der Waals surface area contributed by atoms with Gasteiger partial charge in [0, 0.05) is 18.9 Å². The molecular formula is C12H14O3. The number of rotatable bonds is 3. The van der Waals surface area contributed by atoms with Crippen LogP contribution in [0.25, 0.3) is 0 Å². The van der Waals surface area contributed by atoms with Gasteiger partial charge >= 0.3 is 0 Å². The van der Waals surface area contributed by atoms with Crippen molar-refractivity contribution in [3.8, 4) is 5.75 Å². The zero-order chi connectivity index (χ0) is 10.7. The molecule has 1 fully saturated rings. The number of carbonyl (C=O) groups excluding carboxylic acids is 1. The van der Waals surface area contributed by atoms with Crippen molar-refractivity contribution in [2.75, 3.05) is 13.2 Å². The predicted molar refractivity (Wildman–Crippen MR) is 55.7 cm³/mol. The number of ketones is 1. The van der Waals surface area contributed by atoms with Gasteiger partial charge in [0.2, 0.25) is 0 Å². The highest BCUT2D eigenvalue weighted by Gasteiger charge is 2.23. The van der Waals surface area contributed by atoms with E-state index in [1.165, 1.54) is 0 Å². The number of phenolic OH excluding ortho intramolecular Hbond substituents is 1. The monoisotopic (exact) mass is 206 g/mol. The van der Waals surface area contributed by atoms with E-state index in [1.54, 1.807) is 24.3 Å². The van der Waals surface area contributed by atoms with E-state index in [9.17, 15) is 4.79 Å². The van der Waals surface area contributed by atoms with Crippen LogP contribution in [0.4, 0.5) is 0 Å². The molecule has 1 N–H and O–H groups in total. The van der Waals surface area contributed by atoms with Crippen LogP contribution < -0.4 is 0 Å². The van der Waals surface area contributed by atoms with Gasteiger partial charge in [0.1, 0.15) is 11.5 Å². The van der Waals surface area contributed by atoms with Gasteiger partial charge in [-0.15, -0.1) is 0 Å². The minimum atomic E-state index is 0.0683. The molecule has 1 heterocycles. The van der Waals surface area contributed by atoms with E-state index in [-0.39, 0.29) is 17.5 Å². The fraction of sp³-hybridized carbons (Fsp3) is 0.417. The molecular weight excluding hydrogens is 192 g/mol. The Labute approximate surface area is 88.7 Å². The standard InChI is InChI=1S/C12H14O3/c13-11-3-1-9(2-4-11)7-12(14)10-5-6-15-8-10/h1-4,10,13H,5-8H2. The summed E-state index contributed by atoms with van der Waals surface area (Å²) in [4.78, 5) is 11.8. The van der Waals surface area contributed by atoms with Crippen LogP contribution >= 0.6 is 0 Å². The first-order valence-corrected chi connectivity index (χ1v) is 5.14. The fourth-order valence-electron chi connectivity index (χ4n) is 1.75. The summed E-state index contributed by atoms with van der Waals surface area (Å²) >= 11 is 0. The van der Waals surface area contributed by atoms with E-state index in [2.05, 4.69) is 0 Å². The minimum absolute atomic E-state index is 0.0683. The number of hydrogen-bond acceptors (Lipinski definition) is 3. The van der Waals surface area contributed by atoms with Crippen LogP contribution in [0.3, 0.4) is 0 Å². The molecule has 1 aromatic carbocycles. The molecule has 1 aromatic rings. The van der Waals surface area contributed by atoms with Crippen molar-refractivity contribution in [2.24, 2.45) is 5.92 Å². The Morgan fingerprint density at radius 2 is 2.13 bits per heavy atom. The summed E-state index contributed by atoms with van der Waals surface area (Å²) in [5.74, 6) is 0.535. The Hall–Kier alpha value is -1.35. The average Bonchev–Trinajstić information content (AvgIpc) is 2.74. The third-order valence-corrected chi connectivity index (χ3v) is 2.70. The molecule has 0 saturated carbocycles. The maximum atomic E-state index is 11.8. The summed E-state index contributed by atoms with van der Waals surface area (Å²) in [5.41, 5.74) is 0.949. The third kappa shape index (κ3) is 2.57. The highest BCUT2D eigenvalue weighted by atomic mass is 16.5. The first-order chi connectivity index (χ1) is 7.25. The summed E-state index contributed by atoms with van der Waals surface area (Å²) < 4.78 is 5.17. The second-order valence-electron chi connectivity index (χ2n) is 3.87. The molecule has 15 heavy (non-hydrogen) atoms. The second kappa shape index (κ2) is 4.45. The van der Waals surface area contributed by atoms with Crippen molar-refractivity contribution in [3.05, 3.63) is 29.8 Å². The highest BCUT2D eigenvalue weighted by molar-refractivity contribution is 5.83. The quantitative estimate of drug-likeness (QED) is 0.816. The lowest BCUT2D eigenvalue weighted by Crippen LogP contribution is -2.16. The number of Topliss-reactive ketones (excluding diaryl/α,β-unsaturated/α-hetero) is 1. The van der Waals surface area contributed by atoms with E-state index in [0.717, 1.165) is 12.0 Å². The number of hydrogen-bond donors (Lipinski definition) is 1. The number of benzene rings is 1. The van der Waals surface area contributed by atoms with Crippen LogP contribution in [0.15, 0.2) is 24.3 Å². The van der Waals surface area contributed by atoms with Gasteiger partial charge in [-0.2, -0.15) is 0 Å². The van der Waals surface area contributed by atoms with E-state index in [0.29, 0.717) is 19.6 Å². The maximum Gasteiger partial charge on any atom is 0.142 e. The van der Waals surface area contributed by atoms with Crippen molar-refractivity contribution < 1.29 is 14.6 Å². The van der Waals surface area contributed by atoms with Crippen LogP contribution in [-0.2, 0) is 16.0 Å². The Morgan fingerprint density at radius 1 is 1.40 bits per heavy atom. The van der Waals surface area contributed by atoms with E-state index in [1.807, 2.05) is 0 Å². The summed E-state index contributed by atoms with van der Waals surface area (Å²) in [6.07, 6.45) is 1.28. The lowest BCUT2D eigenvalue weighted by Gasteiger charge is -2.06. The topological polar surface area (TPSA) is 46.5 Å². The molecule has 3 nitrogen and oxygen atoms in total. The molecule has 1 aliphatic rings. The minimum Gasteiger partial charge on any atom is -0.508 e. The SMILES string of the molecule is O=C(Cc1ccc(O)cc1)C1CCOC1. The predicted octanol–water partition coefficient (Wildman–Crippen LogP) is 1.54. The van der Waals surface area contributed by atoms with Gasteiger partial charge in [-0.05, 0) is 24.1 Å². The van der Waals surface area contributed by atoms with Crippen molar-refractivity contribution in [1.82, 2.24) is 0 Å². The van der Waals surface area contributed by atoms with Crippen molar-refractivity contribution >= 4 is 5.78 Å². The Balaban J connectivity index is 1.96. The molecule has 1 saturated heterocycles. The molecule has 2 rings (SSSR count). The van der Waals surface area contributed by atoms with Gasteiger partial charge in [-0.3, -0.25) is 4.79 Å². The van der Waals surface area contributed by atoms with Gasteiger partial charge in [-0.25, -0.2) is 0 Å². The van der Waals surface area contributed by atoms with Crippen LogP contribution in [0, 0.1) is 5.92 Å². The molecule has 1 unspecified atom stereocenters. The third-order valence-electron chi connectivity index (χ3n) is 2.70. The Morgan fingerprint density at radius 3 is 2.73 bits per heavy atom. The number of phenols is 1. The van der Waals surface area contributed by atoms with Crippen LogP contribution in [0.2, 0.25) is 0 Å². The van der Waals surface area contributed by atoms with Crippen molar-refractivity contribution in [3.63, 3.8) is 0 Å². The van der Waals surface area contributed by atoms with E-state index >= 15 is 0 Å². The smallest absolute Gasteiger partial charge is 0.142 e. The zero-order valence-corrected chi connectivity index (χ0v) is 8.48. The molecule has 0 aliphatic carbocycles. The van der Waals surface area contributed by atoms with Crippen LogP contribution in [0.1, 0.15) is 12.0 Å². The summed E-state index contributed by atoms with van der Waals surface area (Å²) in [7, 11) is 0. The molecule has 1 aliphatic heterocycles. The van der Waals surface area contributed by atoms with Crippen molar-refractivity contribution in [2.45, 2.75) is 12.8 Å². The molecule has 0 radical (unpaired) electrons. The van der Waals surface area contributed by atoms with Gasteiger partial charge < -0.3 is 9.84 Å². The largest absolute Gasteiger partial charge is 0.508 e. The number of ether oxygens (including phenoxy) is 1. The van der Waals surface area contributed by atoms with Gasteiger partial charge in [0.15, 0.2) is 0 Å². The van der Waals surface area contributed by atoms with Gasteiger partial charge in [0.25, 0.3) is 0 Å². The summed E-state index contributed by atoms with van der Waals surface area (Å²) in [6, 6.07) is 6.77. The van der Waals surface area contributed by atoms with E-state index < -0.39 is 0 Å². The highest BCUT2D eigenvalue weighted by Crippen LogP contribution is 2.17. The summed E-state index contributed by atoms with van der Waals surface area (Å²) in [5, 5.41) is 9.10. The second-order valence-corrected chi connectivity index (χ2v) is 3.87. The number of aromatic hydroxyl groups is 1. The average molecular weight is 206 g/mol. The van der Waals surface area contributed by atoms with Crippen LogP contribution in [-0.4, -0.2) is 24.1 Å².